The van der Waals surface area contributed by atoms with Gasteiger partial charge in [0.05, 0.1) is 52.9 Å². The summed E-state index contributed by atoms with van der Waals surface area (Å²) in [5, 5.41) is 0.783. The summed E-state index contributed by atoms with van der Waals surface area (Å²) in [4.78, 5) is 0. The molecule has 0 amide bonds. The number of hydrogen-bond donors (Lipinski definition) is 0. The Kier molecular flexibility index (Phi) is 12.4. The van der Waals surface area contributed by atoms with E-state index < -0.39 is 0 Å². The molecule has 2 unspecified atom stereocenters. The molecule has 0 N–H and O–H groups in total. The zero-order valence-corrected chi connectivity index (χ0v) is 19.8. The van der Waals surface area contributed by atoms with Crippen LogP contribution in [0.15, 0.2) is 0 Å². The highest BCUT2D eigenvalue weighted by molar-refractivity contribution is 7.63. The van der Waals surface area contributed by atoms with E-state index in [1.807, 2.05) is 0 Å². The van der Waals surface area contributed by atoms with Crippen molar-refractivity contribution in [3.05, 3.63) is 0 Å². The van der Waals surface area contributed by atoms with Crippen LogP contribution in [0.1, 0.15) is 41.5 Å². The van der Waals surface area contributed by atoms with Crippen molar-refractivity contribution in [2.24, 2.45) is 0 Å². The fraction of sp³-hybridized carbons (Fsp3) is 1.00. The Labute approximate surface area is 164 Å². The molecule has 0 aromatic rings. The average Bonchev–Trinajstić information content (AvgIpc) is 2.52. The van der Waals surface area contributed by atoms with Gasteiger partial charge in [-0.2, -0.15) is 0 Å². The van der Waals surface area contributed by atoms with E-state index in [0.717, 1.165) is 13.2 Å². The van der Waals surface area contributed by atoms with Crippen LogP contribution < -0.4 is 0 Å². The molecule has 0 spiro atoms. The maximum atomic E-state index is 5.83. The molecule has 0 aromatic heterocycles. The molecular weight excluding hydrogens is 366 g/mol. The van der Waals surface area contributed by atoms with Gasteiger partial charge >= 0.3 is 0 Å². The third kappa shape index (κ3) is 11.5. The largest absolute Gasteiger partial charge is 0.379 e. The van der Waals surface area contributed by atoms with E-state index in [0.29, 0.717) is 50.0 Å². The van der Waals surface area contributed by atoms with Crippen molar-refractivity contribution in [2.45, 2.75) is 51.9 Å². The lowest BCUT2D eigenvalue weighted by Gasteiger charge is -2.36. The summed E-state index contributed by atoms with van der Waals surface area (Å²) in [5.41, 5.74) is 0. The molecule has 6 heteroatoms. The van der Waals surface area contributed by atoms with Crippen molar-refractivity contribution in [2.75, 3.05) is 77.5 Å². The molecule has 1 aliphatic rings. The molecule has 0 bridgehead atoms. The van der Waals surface area contributed by atoms with E-state index in [4.69, 9.17) is 18.9 Å². The predicted molar refractivity (Wildman–Crippen MR) is 116 cm³/mol. The van der Waals surface area contributed by atoms with Crippen LogP contribution >= 0.6 is 15.8 Å². The van der Waals surface area contributed by atoms with Gasteiger partial charge in [0.2, 0.25) is 0 Å². The highest BCUT2D eigenvalue weighted by Gasteiger charge is 2.28. The van der Waals surface area contributed by atoms with Crippen LogP contribution in [0, 0.1) is 0 Å². The Morgan fingerprint density at radius 3 is 0.962 bits per heavy atom. The van der Waals surface area contributed by atoms with E-state index >= 15 is 0 Å². The third-order valence-corrected chi connectivity index (χ3v) is 11.8. The van der Waals surface area contributed by atoms with Crippen LogP contribution in [0.25, 0.3) is 0 Å². The number of ether oxygens (including phenoxy) is 4. The maximum absolute atomic E-state index is 5.83. The second-order valence-electron chi connectivity index (χ2n) is 8.77. The van der Waals surface area contributed by atoms with Crippen LogP contribution in [0.4, 0.5) is 0 Å². The molecule has 0 aliphatic carbocycles. The van der Waals surface area contributed by atoms with Crippen LogP contribution in [0.3, 0.4) is 0 Å². The Balaban J connectivity index is 2.62. The van der Waals surface area contributed by atoms with Gasteiger partial charge in [-0.3, -0.25) is 0 Å². The van der Waals surface area contributed by atoms with Crippen molar-refractivity contribution in [1.29, 1.82) is 0 Å². The van der Waals surface area contributed by atoms with Crippen LogP contribution in [-0.2, 0) is 18.9 Å². The molecule has 0 saturated carbocycles. The Hall–Kier alpha value is 0.700. The molecule has 0 radical (unpaired) electrons. The lowest BCUT2D eigenvalue weighted by molar-refractivity contribution is 0.00130. The van der Waals surface area contributed by atoms with Crippen molar-refractivity contribution >= 4 is 15.8 Å². The Bertz CT molecular complexity index is 319. The van der Waals surface area contributed by atoms with Gasteiger partial charge in [-0.15, -0.1) is 0 Å². The van der Waals surface area contributed by atoms with Gasteiger partial charge < -0.3 is 18.9 Å². The van der Waals surface area contributed by atoms with Gasteiger partial charge in [-0.05, 0) is 35.0 Å². The topological polar surface area (TPSA) is 36.9 Å². The molecule has 1 aliphatic heterocycles. The molecule has 1 rings (SSSR count). The minimum Gasteiger partial charge on any atom is -0.379 e. The van der Waals surface area contributed by atoms with Gasteiger partial charge in [-0.1, -0.05) is 57.4 Å². The summed E-state index contributed by atoms with van der Waals surface area (Å²) in [6.45, 7) is 20.1. The Morgan fingerprint density at radius 2 is 0.692 bits per heavy atom. The lowest BCUT2D eigenvalue weighted by atomic mass is 10.3. The molecule has 2 atom stereocenters. The zero-order chi connectivity index (χ0) is 19.5. The standard InChI is InChI=1S/C20H42O4P2/c1-19(2,3)25-15-13-23-11-9-21-7-8-22-10-12-24-14-16-26(18-17-25)20(4,5)6/h7-18H2,1-6H3. The van der Waals surface area contributed by atoms with Crippen molar-refractivity contribution < 1.29 is 18.9 Å². The van der Waals surface area contributed by atoms with E-state index in [9.17, 15) is 0 Å². The first-order valence-corrected chi connectivity index (χ1v) is 13.4. The third-order valence-electron chi connectivity index (χ3n) is 4.66. The number of rotatable bonds is 0. The molecule has 0 aromatic carbocycles. The van der Waals surface area contributed by atoms with Crippen molar-refractivity contribution in [3.63, 3.8) is 0 Å². The molecule has 156 valence electrons. The molecular formula is C20H42O4P2. The minimum absolute atomic E-state index is 0.0268. The molecule has 26 heavy (non-hydrogen) atoms. The second-order valence-corrected chi connectivity index (χ2v) is 15.4. The van der Waals surface area contributed by atoms with Crippen LogP contribution in [0.5, 0.6) is 0 Å². The summed E-state index contributed by atoms with van der Waals surface area (Å²) in [5.74, 6) is 0. The van der Waals surface area contributed by atoms with Gasteiger partial charge in [0, 0.05) is 0 Å². The van der Waals surface area contributed by atoms with E-state index in [1.54, 1.807) is 0 Å². The molecule has 4 nitrogen and oxygen atoms in total. The molecule has 1 saturated heterocycles. The smallest absolute Gasteiger partial charge is 0.0701 e. The normalized spacial score (nSPS) is 27.5. The Morgan fingerprint density at radius 1 is 0.423 bits per heavy atom. The fourth-order valence-corrected chi connectivity index (χ4v) is 8.68. The maximum Gasteiger partial charge on any atom is 0.0701 e. The average molecular weight is 409 g/mol. The SMILES string of the molecule is CC(C)(C)P1CCOCCOCCOCCOCCP(C(C)(C)C)CC1. The van der Waals surface area contributed by atoms with E-state index in [-0.39, 0.29) is 15.8 Å². The minimum atomic E-state index is -0.0268. The zero-order valence-electron chi connectivity index (χ0n) is 18.0. The van der Waals surface area contributed by atoms with Gasteiger partial charge in [0.1, 0.15) is 0 Å². The highest BCUT2D eigenvalue weighted by atomic mass is 31.1. The summed E-state index contributed by atoms with van der Waals surface area (Å²) in [7, 11) is -0.0536. The summed E-state index contributed by atoms with van der Waals surface area (Å²) in [6.07, 6.45) is 5.10. The molecule has 1 fully saturated rings. The predicted octanol–water partition coefficient (Wildman–Crippen LogP) is 4.63. The van der Waals surface area contributed by atoms with Gasteiger partial charge in [0.25, 0.3) is 0 Å². The summed E-state index contributed by atoms with van der Waals surface area (Å²) in [6, 6.07) is 0. The second kappa shape index (κ2) is 13.0. The molecule has 1 heterocycles. The first-order valence-electron chi connectivity index (χ1n) is 10.0. The monoisotopic (exact) mass is 408 g/mol. The quantitative estimate of drug-likeness (QED) is 0.548. The van der Waals surface area contributed by atoms with Gasteiger partial charge in [0.15, 0.2) is 0 Å². The van der Waals surface area contributed by atoms with Crippen LogP contribution in [-0.4, -0.2) is 87.8 Å². The summed E-state index contributed by atoms with van der Waals surface area (Å²) >= 11 is 0. The fourth-order valence-electron chi connectivity index (χ4n) is 2.92. The van der Waals surface area contributed by atoms with Crippen LogP contribution in [0.2, 0.25) is 0 Å². The van der Waals surface area contributed by atoms with E-state index in [1.165, 1.54) is 24.6 Å². The first-order chi connectivity index (χ1) is 12.2. The van der Waals surface area contributed by atoms with Crippen molar-refractivity contribution in [1.82, 2.24) is 0 Å². The lowest BCUT2D eigenvalue weighted by Crippen LogP contribution is -2.23. The van der Waals surface area contributed by atoms with Crippen molar-refractivity contribution in [3.8, 4) is 0 Å². The first kappa shape index (κ1) is 24.7. The van der Waals surface area contributed by atoms with Gasteiger partial charge in [-0.25, -0.2) is 0 Å². The summed E-state index contributed by atoms with van der Waals surface area (Å²) < 4.78 is 22.8. The van der Waals surface area contributed by atoms with E-state index in [2.05, 4.69) is 41.5 Å². The number of hydrogen-bond acceptors (Lipinski definition) is 4. The highest BCUT2D eigenvalue weighted by Crippen LogP contribution is 2.55.